The lowest BCUT2D eigenvalue weighted by Crippen LogP contribution is -2.47. The molecule has 1 amide bonds. The molecular weight excluding hydrogens is 578 g/mol. The summed E-state index contributed by atoms with van der Waals surface area (Å²) in [6, 6.07) is 6.86. The van der Waals surface area contributed by atoms with Gasteiger partial charge in [-0.05, 0) is 62.0 Å². The normalized spacial score (nSPS) is 20.6. The van der Waals surface area contributed by atoms with Crippen molar-refractivity contribution in [3.8, 4) is 5.75 Å². The summed E-state index contributed by atoms with van der Waals surface area (Å²) in [5.74, 6) is 0.984. The Labute approximate surface area is 267 Å². The van der Waals surface area contributed by atoms with Crippen LogP contribution in [0, 0.1) is 17.3 Å². The molecule has 5 unspecified atom stereocenters. The lowest BCUT2D eigenvalue weighted by molar-refractivity contribution is -0.157. The number of aliphatic hydroxyl groups excluding tert-OH is 4. The van der Waals surface area contributed by atoms with E-state index in [0.717, 1.165) is 12.0 Å². The van der Waals surface area contributed by atoms with E-state index in [1.54, 1.807) is 17.0 Å². The Morgan fingerprint density at radius 1 is 0.978 bits per heavy atom. The van der Waals surface area contributed by atoms with Crippen LogP contribution in [0.5, 0.6) is 5.75 Å². The number of esters is 1. The van der Waals surface area contributed by atoms with E-state index in [2.05, 4.69) is 13.8 Å². The zero-order valence-corrected chi connectivity index (χ0v) is 27.1. The highest BCUT2D eigenvalue weighted by Gasteiger charge is 2.36. The molecule has 10 heteroatoms. The maximum atomic E-state index is 13.6. The predicted molar refractivity (Wildman–Crippen MR) is 171 cm³/mol. The fourth-order valence-corrected chi connectivity index (χ4v) is 5.76. The Balaban J connectivity index is 1.56. The average molecular weight is 630 g/mol. The van der Waals surface area contributed by atoms with Crippen LogP contribution in [0.3, 0.4) is 0 Å². The molecule has 0 spiro atoms. The van der Waals surface area contributed by atoms with Gasteiger partial charge in [0.15, 0.2) is 0 Å². The van der Waals surface area contributed by atoms with E-state index >= 15 is 0 Å². The van der Waals surface area contributed by atoms with Crippen LogP contribution in [0.4, 0.5) is 0 Å². The monoisotopic (exact) mass is 629 g/mol. The van der Waals surface area contributed by atoms with Gasteiger partial charge in [0, 0.05) is 37.5 Å². The highest BCUT2D eigenvalue weighted by atomic mass is 16.5. The van der Waals surface area contributed by atoms with Crippen LogP contribution in [-0.4, -0.2) is 95.0 Å². The van der Waals surface area contributed by atoms with Crippen molar-refractivity contribution >= 4 is 17.4 Å². The number of nitrogens with zero attached hydrogens (tertiary/aromatic N) is 1. The highest BCUT2D eigenvalue weighted by Crippen LogP contribution is 2.35. The molecule has 0 radical (unpaired) electrons. The molecule has 0 fully saturated rings. The first-order valence-electron chi connectivity index (χ1n) is 16.1. The van der Waals surface area contributed by atoms with E-state index in [9.17, 15) is 24.9 Å². The molecule has 250 valence electrons. The van der Waals surface area contributed by atoms with Crippen molar-refractivity contribution in [1.82, 2.24) is 4.90 Å². The van der Waals surface area contributed by atoms with E-state index in [-0.39, 0.29) is 69.7 Å². The molecule has 0 saturated carbocycles. The minimum Gasteiger partial charge on any atom is -0.494 e. The van der Waals surface area contributed by atoms with Crippen molar-refractivity contribution in [2.45, 2.75) is 78.0 Å². The summed E-state index contributed by atoms with van der Waals surface area (Å²) in [7, 11) is 0. The van der Waals surface area contributed by atoms with Gasteiger partial charge in [-0.1, -0.05) is 45.1 Å². The largest absolute Gasteiger partial charge is 0.494 e. The summed E-state index contributed by atoms with van der Waals surface area (Å²) in [5.41, 5.74) is 0.745. The van der Waals surface area contributed by atoms with Gasteiger partial charge in [0.1, 0.15) is 18.1 Å². The van der Waals surface area contributed by atoms with Gasteiger partial charge in [-0.15, -0.1) is 0 Å². The number of hydrogen-bond donors (Lipinski definition) is 4. The summed E-state index contributed by atoms with van der Waals surface area (Å²) >= 11 is 0. The van der Waals surface area contributed by atoms with Gasteiger partial charge in [-0.3, -0.25) is 9.59 Å². The second kappa shape index (κ2) is 17.5. The number of ether oxygens (including phenoxy) is 3. The molecule has 1 aromatic rings. The SMILES string of the molecule is CCC(C)(CC(C)C)C(=O)OCCC(O)C(O)CCOC1=CC2C(C=C1)C=C(c1ccc(OCCO)cc1)C(=O)N2CCCO. The Hall–Kier alpha value is -3.18. The van der Waals surface area contributed by atoms with Crippen LogP contribution in [-0.2, 0) is 19.1 Å². The summed E-state index contributed by atoms with van der Waals surface area (Å²) in [4.78, 5) is 28.0. The Morgan fingerprint density at radius 3 is 2.29 bits per heavy atom. The molecular formula is C35H51NO9. The number of benzene rings is 1. The number of amides is 1. The average Bonchev–Trinajstić information content (AvgIpc) is 3.02. The predicted octanol–water partition coefficient (Wildman–Crippen LogP) is 3.63. The molecule has 5 atom stereocenters. The number of fused-ring (bicyclic) bond motifs is 1. The van der Waals surface area contributed by atoms with Crippen molar-refractivity contribution in [2.24, 2.45) is 17.3 Å². The molecule has 1 aromatic carbocycles. The van der Waals surface area contributed by atoms with Gasteiger partial charge < -0.3 is 39.5 Å². The van der Waals surface area contributed by atoms with E-state index < -0.39 is 17.6 Å². The van der Waals surface area contributed by atoms with E-state index in [0.29, 0.717) is 42.4 Å². The van der Waals surface area contributed by atoms with E-state index in [4.69, 9.17) is 19.3 Å². The molecule has 2 aliphatic rings. The van der Waals surface area contributed by atoms with Gasteiger partial charge in [0.25, 0.3) is 5.91 Å². The number of rotatable bonds is 19. The minimum atomic E-state index is -1.07. The quantitative estimate of drug-likeness (QED) is 0.169. The van der Waals surface area contributed by atoms with Gasteiger partial charge in [-0.25, -0.2) is 0 Å². The van der Waals surface area contributed by atoms with Crippen LogP contribution in [0.25, 0.3) is 5.57 Å². The molecule has 0 bridgehead atoms. The van der Waals surface area contributed by atoms with Crippen molar-refractivity contribution in [2.75, 3.05) is 39.6 Å². The van der Waals surface area contributed by atoms with Crippen molar-refractivity contribution in [1.29, 1.82) is 0 Å². The summed E-state index contributed by atoms with van der Waals surface area (Å²) in [5, 5.41) is 39.4. The summed E-state index contributed by atoms with van der Waals surface area (Å²) < 4.78 is 16.8. The highest BCUT2D eigenvalue weighted by molar-refractivity contribution is 6.20. The van der Waals surface area contributed by atoms with E-state index in [1.165, 1.54) is 0 Å². The first-order chi connectivity index (χ1) is 21.5. The lowest BCUT2D eigenvalue weighted by atomic mass is 9.80. The molecule has 3 rings (SSSR count). The van der Waals surface area contributed by atoms with Gasteiger partial charge >= 0.3 is 5.97 Å². The van der Waals surface area contributed by atoms with Crippen molar-refractivity contribution in [3.63, 3.8) is 0 Å². The molecule has 0 aromatic heterocycles. The fourth-order valence-electron chi connectivity index (χ4n) is 5.76. The maximum absolute atomic E-state index is 13.6. The molecule has 1 aliphatic carbocycles. The summed E-state index contributed by atoms with van der Waals surface area (Å²) in [6.45, 7) is 8.59. The fraction of sp³-hybridized carbons (Fsp3) is 0.600. The maximum Gasteiger partial charge on any atom is 0.311 e. The smallest absolute Gasteiger partial charge is 0.311 e. The Bertz CT molecular complexity index is 1190. The van der Waals surface area contributed by atoms with Gasteiger partial charge in [-0.2, -0.15) is 0 Å². The molecule has 0 saturated heterocycles. The zero-order chi connectivity index (χ0) is 33.0. The third kappa shape index (κ3) is 10.2. The molecule has 4 N–H and O–H groups in total. The minimum absolute atomic E-state index is 0.0252. The second-order valence-electron chi connectivity index (χ2n) is 12.5. The van der Waals surface area contributed by atoms with Crippen LogP contribution < -0.4 is 4.74 Å². The molecule has 1 aliphatic heterocycles. The van der Waals surface area contributed by atoms with Crippen molar-refractivity contribution in [3.05, 3.63) is 59.9 Å². The standard InChI is InChI=1S/C35H51NO9/c1-5-35(4,23-24(2)3)34(42)45-19-14-32(40)31(39)13-18-43-28-12-9-26-21-29(25-7-10-27(11-8-25)44-20-17-38)33(41)36(15-6-16-37)30(26)22-28/h7-12,21-22,24,26,30-32,37-40H,5-6,13-20,23H2,1-4H3. The number of carbonyl (C=O) groups excluding carboxylic acids is 2. The first kappa shape index (κ1) is 36.3. The third-order valence-corrected chi connectivity index (χ3v) is 8.41. The van der Waals surface area contributed by atoms with Crippen LogP contribution >= 0.6 is 0 Å². The lowest BCUT2D eigenvalue weighted by Gasteiger charge is -2.39. The zero-order valence-electron chi connectivity index (χ0n) is 27.1. The second-order valence-corrected chi connectivity index (χ2v) is 12.5. The third-order valence-electron chi connectivity index (χ3n) is 8.41. The molecule has 1 heterocycles. The van der Waals surface area contributed by atoms with E-state index in [1.807, 2.05) is 50.3 Å². The number of allylic oxidation sites excluding steroid dienone is 1. The van der Waals surface area contributed by atoms with Gasteiger partial charge in [0.05, 0.1) is 43.5 Å². The topological polar surface area (TPSA) is 146 Å². The van der Waals surface area contributed by atoms with Crippen LogP contribution in [0.1, 0.15) is 65.4 Å². The van der Waals surface area contributed by atoms with Gasteiger partial charge in [0.2, 0.25) is 0 Å². The van der Waals surface area contributed by atoms with Crippen molar-refractivity contribution < 1.29 is 44.2 Å². The molecule has 45 heavy (non-hydrogen) atoms. The molecule has 10 nitrogen and oxygen atoms in total. The van der Waals surface area contributed by atoms with Crippen LogP contribution in [0.2, 0.25) is 0 Å². The summed E-state index contributed by atoms with van der Waals surface area (Å²) in [6.07, 6.45) is 7.61. The number of carbonyl (C=O) groups is 2. The Morgan fingerprint density at radius 2 is 1.67 bits per heavy atom. The number of hydrogen-bond acceptors (Lipinski definition) is 9. The first-order valence-corrected chi connectivity index (χ1v) is 16.1. The number of aliphatic hydroxyl groups is 4. The van der Waals surface area contributed by atoms with Crippen LogP contribution in [0.15, 0.2) is 54.3 Å². The Kier molecular flexibility index (Phi) is 14.1.